The Morgan fingerprint density at radius 2 is 1.78 bits per heavy atom. The topological polar surface area (TPSA) is 96.0 Å². The van der Waals surface area contributed by atoms with Gasteiger partial charge < -0.3 is 5.32 Å². The summed E-state index contributed by atoms with van der Waals surface area (Å²) >= 11 is 3.30. The standard InChI is InChI=1S/C16H10BrN3O3/c17-13-3-1-11(2-4-13)9-12(10-18)16(21)19-14-5-7-15(8-6-14)20(22)23/h1-9H,(H,19,21)/b12-9+. The molecule has 0 atom stereocenters. The summed E-state index contributed by atoms with van der Waals surface area (Å²) in [5, 5.41) is 22.2. The molecular formula is C16H10BrN3O3. The Bertz CT molecular complexity index is 806. The van der Waals surface area contributed by atoms with E-state index in [9.17, 15) is 14.9 Å². The Morgan fingerprint density at radius 3 is 2.30 bits per heavy atom. The predicted octanol–water partition coefficient (Wildman–Crippen LogP) is 3.90. The number of rotatable bonds is 4. The number of nitro benzene ring substituents is 1. The zero-order valence-electron chi connectivity index (χ0n) is 11.7. The highest BCUT2D eigenvalue weighted by Crippen LogP contribution is 2.17. The number of hydrogen-bond acceptors (Lipinski definition) is 4. The molecule has 7 heteroatoms. The molecule has 0 bridgehead atoms. The molecular weight excluding hydrogens is 362 g/mol. The minimum atomic E-state index is -0.579. The van der Waals surface area contributed by atoms with E-state index in [-0.39, 0.29) is 11.3 Å². The van der Waals surface area contributed by atoms with Gasteiger partial charge in [-0.3, -0.25) is 14.9 Å². The van der Waals surface area contributed by atoms with Gasteiger partial charge in [-0.2, -0.15) is 5.26 Å². The van der Waals surface area contributed by atoms with Crippen LogP contribution in [0.2, 0.25) is 0 Å². The molecule has 0 unspecified atom stereocenters. The van der Waals surface area contributed by atoms with E-state index >= 15 is 0 Å². The average molecular weight is 372 g/mol. The Hall–Kier alpha value is -2.98. The molecule has 2 rings (SSSR count). The van der Waals surface area contributed by atoms with Gasteiger partial charge in [0.1, 0.15) is 11.6 Å². The first kappa shape index (κ1) is 16.4. The second kappa shape index (κ2) is 7.33. The van der Waals surface area contributed by atoms with Crippen LogP contribution in [0.25, 0.3) is 6.08 Å². The molecule has 114 valence electrons. The number of nitro groups is 1. The van der Waals surface area contributed by atoms with Crippen molar-refractivity contribution in [1.29, 1.82) is 5.26 Å². The minimum Gasteiger partial charge on any atom is -0.321 e. The molecule has 0 aliphatic carbocycles. The molecule has 0 spiro atoms. The smallest absolute Gasteiger partial charge is 0.269 e. The summed E-state index contributed by atoms with van der Waals surface area (Å²) in [6.45, 7) is 0. The van der Waals surface area contributed by atoms with Gasteiger partial charge in [-0.05, 0) is 35.9 Å². The highest BCUT2D eigenvalue weighted by molar-refractivity contribution is 9.10. The summed E-state index contributed by atoms with van der Waals surface area (Å²) in [5.41, 5.74) is 0.945. The first-order valence-corrected chi connectivity index (χ1v) is 7.22. The molecule has 0 aromatic heterocycles. The number of amides is 1. The fraction of sp³-hybridized carbons (Fsp3) is 0. The van der Waals surface area contributed by atoms with Gasteiger partial charge in [-0.25, -0.2) is 0 Å². The molecule has 2 aromatic rings. The Labute approximate surface area is 140 Å². The first-order chi connectivity index (χ1) is 11.0. The lowest BCUT2D eigenvalue weighted by Crippen LogP contribution is -2.13. The molecule has 0 aliphatic rings. The van der Waals surface area contributed by atoms with Crippen LogP contribution in [0.1, 0.15) is 5.56 Å². The van der Waals surface area contributed by atoms with E-state index < -0.39 is 10.8 Å². The van der Waals surface area contributed by atoms with Crippen molar-refractivity contribution in [2.75, 3.05) is 5.32 Å². The summed E-state index contributed by atoms with van der Waals surface area (Å²) in [7, 11) is 0. The number of benzene rings is 2. The monoisotopic (exact) mass is 371 g/mol. The van der Waals surface area contributed by atoms with Crippen LogP contribution < -0.4 is 5.32 Å². The third kappa shape index (κ3) is 4.49. The minimum absolute atomic E-state index is 0.0642. The summed E-state index contributed by atoms with van der Waals surface area (Å²) in [4.78, 5) is 22.1. The normalized spacial score (nSPS) is 10.7. The first-order valence-electron chi connectivity index (χ1n) is 6.43. The summed E-state index contributed by atoms with van der Waals surface area (Å²) in [6, 6.07) is 14.3. The van der Waals surface area contributed by atoms with Gasteiger partial charge in [-0.1, -0.05) is 28.1 Å². The maximum absolute atomic E-state index is 12.1. The fourth-order valence-corrected chi connectivity index (χ4v) is 2.00. The molecule has 0 radical (unpaired) electrons. The van der Waals surface area contributed by atoms with Crippen molar-refractivity contribution < 1.29 is 9.72 Å². The van der Waals surface area contributed by atoms with E-state index in [1.54, 1.807) is 24.3 Å². The maximum Gasteiger partial charge on any atom is 0.269 e. The summed E-state index contributed by atoms with van der Waals surface area (Å²) < 4.78 is 0.892. The van der Waals surface area contributed by atoms with Gasteiger partial charge in [0.15, 0.2) is 0 Å². The number of anilines is 1. The number of non-ortho nitro benzene ring substituents is 1. The highest BCUT2D eigenvalue weighted by Gasteiger charge is 2.11. The lowest BCUT2D eigenvalue weighted by atomic mass is 10.1. The molecule has 2 aromatic carbocycles. The number of carbonyl (C=O) groups excluding carboxylic acids is 1. The molecule has 0 saturated heterocycles. The van der Waals surface area contributed by atoms with Gasteiger partial charge in [-0.15, -0.1) is 0 Å². The molecule has 0 aliphatic heterocycles. The van der Waals surface area contributed by atoms with Crippen LogP contribution >= 0.6 is 15.9 Å². The molecule has 0 heterocycles. The Balaban J connectivity index is 2.15. The molecule has 1 amide bonds. The van der Waals surface area contributed by atoms with E-state index in [1.165, 1.54) is 30.3 Å². The number of hydrogen-bond donors (Lipinski definition) is 1. The number of nitriles is 1. The van der Waals surface area contributed by atoms with Crippen molar-refractivity contribution in [2.24, 2.45) is 0 Å². The third-order valence-electron chi connectivity index (χ3n) is 2.88. The number of halogens is 1. The zero-order chi connectivity index (χ0) is 16.8. The second-order valence-electron chi connectivity index (χ2n) is 4.48. The van der Waals surface area contributed by atoms with Crippen LogP contribution in [0.3, 0.4) is 0 Å². The van der Waals surface area contributed by atoms with Crippen LogP contribution in [-0.2, 0) is 4.79 Å². The van der Waals surface area contributed by atoms with Crippen molar-refractivity contribution in [2.45, 2.75) is 0 Å². The number of carbonyl (C=O) groups is 1. The van der Waals surface area contributed by atoms with Gasteiger partial charge in [0.25, 0.3) is 11.6 Å². The lowest BCUT2D eigenvalue weighted by Gasteiger charge is -2.04. The third-order valence-corrected chi connectivity index (χ3v) is 3.41. The number of nitrogens with one attached hydrogen (secondary N) is 1. The Morgan fingerprint density at radius 1 is 1.17 bits per heavy atom. The van der Waals surface area contributed by atoms with Crippen LogP contribution in [0, 0.1) is 21.4 Å². The molecule has 6 nitrogen and oxygen atoms in total. The molecule has 1 N–H and O–H groups in total. The van der Waals surface area contributed by atoms with Crippen LogP contribution in [0.5, 0.6) is 0 Å². The van der Waals surface area contributed by atoms with Crippen molar-refractivity contribution >= 4 is 39.3 Å². The van der Waals surface area contributed by atoms with Crippen LogP contribution in [0.4, 0.5) is 11.4 Å². The molecule has 23 heavy (non-hydrogen) atoms. The van der Waals surface area contributed by atoms with Gasteiger partial charge in [0, 0.05) is 22.3 Å². The second-order valence-corrected chi connectivity index (χ2v) is 5.40. The quantitative estimate of drug-likeness (QED) is 0.381. The van der Waals surface area contributed by atoms with E-state index in [2.05, 4.69) is 21.2 Å². The molecule has 0 saturated carbocycles. The van der Waals surface area contributed by atoms with Gasteiger partial charge >= 0.3 is 0 Å². The fourth-order valence-electron chi connectivity index (χ4n) is 1.74. The number of nitrogens with zero attached hydrogens (tertiary/aromatic N) is 2. The predicted molar refractivity (Wildman–Crippen MR) is 89.5 cm³/mol. The maximum atomic E-state index is 12.1. The average Bonchev–Trinajstić information content (AvgIpc) is 2.54. The summed E-state index contributed by atoms with van der Waals surface area (Å²) in [5.74, 6) is -0.579. The van der Waals surface area contributed by atoms with E-state index in [1.807, 2.05) is 6.07 Å². The van der Waals surface area contributed by atoms with Crippen molar-refractivity contribution in [3.8, 4) is 6.07 Å². The highest BCUT2D eigenvalue weighted by atomic mass is 79.9. The van der Waals surface area contributed by atoms with Crippen molar-refractivity contribution in [3.63, 3.8) is 0 Å². The SMILES string of the molecule is N#C/C(=C\c1ccc(Br)cc1)C(=O)Nc1ccc([N+](=O)[O-])cc1. The Kier molecular flexibility index (Phi) is 5.23. The van der Waals surface area contributed by atoms with E-state index in [0.29, 0.717) is 11.3 Å². The zero-order valence-corrected chi connectivity index (χ0v) is 13.3. The van der Waals surface area contributed by atoms with Crippen molar-refractivity contribution in [1.82, 2.24) is 0 Å². The molecule has 0 fully saturated rings. The van der Waals surface area contributed by atoms with Gasteiger partial charge in [0.2, 0.25) is 0 Å². The van der Waals surface area contributed by atoms with Crippen LogP contribution in [-0.4, -0.2) is 10.8 Å². The largest absolute Gasteiger partial charge is 0.321 e. The summed E-state index contributed by atoms with van der Waals surface area (Å²) in [6.07, 6.45) is 1.47. The van der Waals surface area contributed by atoms with E-state index in [4.69, 9.17) is 5.26 Å². The van der Waals surface area contributed by atoms with Gasteiger partial charge in [0.05, 0.1) is 4.92 Å². The van der Waals surface area contributed by atoms with Crippen LogP contribution in [0.15, 0.2) is 58.6 Å². The van der Waals surface area contributed by atoms with Crippen molar-refractivity contribution in [3.05, 3.63) is 74.3 Å². The van der Waals surface area contributed by atoms with E-state index in [0.717, 1.165) is 4.47 Å². The lowest BCUT2D eigenvalue weighted by molar-refractivity contribution is -0.384.